The number of nitrogens with zero attached hydrogens (tertiary/aromatic N) is 1. The molecule has 0 unspecified atom stereocenters. The number of alkyl halides is 3. The lowest BCUT2D eigenvalue weighted by atomic mass is 10.1. The Kier molecular flexibility index (Phi) is 3.85. The number of pyridine rings is 1. The van der Waals surface area contributed by atoms with Crippen molar-refractivity contribution in [3.8, 4) is 5.75 Å². The van der Waals surface area contributed by atoms with Crippen LogP contribution in [-0.2, 0) is 12.8 Å². The van der Waals surface area contributed by atoms with E-state index in [-0.39, 0.29) is 18.2 Å². The minimum Gasteiger partial charge on any atom is -0.490 e. The van der Waals surface area contributed by atoms with E-state index < -0.39 is 11.7 Å². The molecule has 1 N–H and O–H groups in total. The molecule has 1 heterocycles. The first kappa shape index (κ1) is 14.6. The predicted molar refractivity (Wildman–Crippen MR) is 68.4 cm³/mol. The smallest absolute Gasteiger partial charge is 0.416 e. The molecule has 2 rings (SSSR count). The Labute approximate surface area is 114 Å². The number of halogens is 3. The number of hydrogen-bond donors (Lipinski definition) is 1. The Morgan fingerprint density at radius 2 is 2.00 bits per heavy atom. The van der Waals surface area contributed by atoms with Gasteiger partial charge in [-0.25, -0.2) is 0 Å². The monoisotopic (exact) mass is 285 g/mol. The van der Waals surface area contributed by atoms with Gasteiger partial charge in [-0.3, -0.25) is 4.98 Å². The van der Waals surface area contributed by atoms with E-state index in [1.54, 1.807) is 13.8 Å². The molecular formula is C14H14F3NO2. The van der Waals surface area contributed by atoms with E-state index in [2.05, 4.69) is 4.98 Å². The highest BCUT2D eigenvalue weighted by atomic mass is 19.4. The maximum atomic E-state index is 12.7. The van der Waals surface area contributed by atoms with Crippen molar-refractivity contribution in [2.24, 2.45) is 0 Å². The average Bonchev–Trinajstić information content (AvgIpc) is 2.37. The summed E-state index contributed by atoms with van der Waals surface area (Å²) in [4.78, 5) is 3.95. The standard InChI is InChI=1S/C14H14F3NO2/c1-8(2)20-13-9(7-19)6-18-12-5-10(14(15,16)17)3-4-11(12)13/h3-6,8,19H,7H2,1-2H3. The van der Waals surface area contributed by atoms with Crippen LogP contribution in [0.2, 0.25) is 0 Å². The van der Waals surface area contributed by atoms with Crippen molar-refractivity contribution < 1.29 is 23.0 Å². The molecule has 0 aliphatic rings. The first-order valence-corrected chi connectivity index (χ1v) is 6.09. The quantitative estimate of drug-likeness (QED) is 0.938. The van der Waals surface area contributed by atoms with Crippen molar-refractivity contribution in [2.75, 3.05) is 0 Å². The summed E-state index contributed by atoms with van der Waals surface area (Å²) in [5, 5.41) is 9.73. The zero-order valence-corrected chi connectivity index (χ0v) is 11.0. The fourth-order valence-electron chi connectivity index (χ4n) is 1.87. The number of aromatic nitrogens is 1. The van der Waals surface area contributed by atoms with Gasteiger partial charge < -0.3 is 9.84 Å². The molecule has 0 aliphatic heterocycles. The lowest BCUT2D eigenvalue weighted by Gasteiger charge is -2.16. The average molecular weight is 285 g/mol. The van der Waals surface area contributed by atoms with Gasteiger partial charge in [0.2, 0.25) is 0 Å². The third-order valence-electron chi connectivity index (χ3n) is 2.74. The van der Waals surface area contributed by atoms with E-state index in [0.29, 0.717) is 16.7 Å². The van der Waals surface area contributed by atoms with Crippen LogP contribution >= 0.6 is 0 Å². The highest BCUT2D eigenvalue weighted by Crippen LogP contribution is 2.35. The van der Waals surface area contributed by atoms with Gasteiger partial charge in [0.1, 0.15) is 5.75 Å². The molecule has 0 aliphatic carbocycles. The molecule has 0 atom stereocenters. The topological polar surface area (TPSA) is 42.4 Å². The molecule has 3 nitrogen and oxygen atoms in total. The number of benzene rings is 1. The minimum atomic E-state index is -4.41. The maximum Gasteiger partial charge on any atom is 0.416 e. The number of fused-ring (bicyclic) bond motifs is 1. The summed E-state index contributed by atoms with van der Waals surface area (Å²) >= 11 is 0. The van der Waals surface area contributed by atoms with Crippen molar-refractivity contribution in [1.82, 2.24) is 4.98 Å². The molecular weight excluding hydrogens is 271 g/mol. The minimum absolute atomic E-state index is 0.159. The van der Waals surface area contributed by atoms with Crippen molar-refractivity contribution in [2.45, 2.75) is 32.7 Å². The molecule has 2 aromatic rings. The van der Waals surface area contributed by atoms with Crippen LogP contribution in [-0.4, -0.2) is 16.2 Å². The normalized spacial score (nSPS) is 12.2. The lowest BCUT2D eigenvalue weighted by molar-refractivity contribution is -0.137. The maximum absolute atomic E-state index is 12.7. The molecule has 0 amide bonds. The van der Waals surface area contributed by atoms with Gasteiger partial charge in [0, 0.05) is 17.1 Å². The van der Waals surface area contributed by atoms with Gasteiger partial charge >= 0.3 is 6.18 Å². The Hall–Kier alpha value is -1.82. The van der Waals surface area contributed by atoms with Crippen LogP contribution in [0.15, 0.2) is 24.4 Å². The largest absolute Gasteiger partial charge is 0.490 e. The molecule has 0 saturated carbocycles. The van der Waals surface area contributed by atoms with E-state index in [1.807, 2.05) is 0 Å². The molecule has 0 saturated heterocycles. The summed E-state index contributed by atoms with van der Waals surface area (Å²) in [6, 6.07) is 3.28. The molecule has 108 valence electrons. The zero-order valence-electron chi connectivity index (χ0n) is 11.0. The van der Waals surface area contributed by atoms with Gasteiger partial charge in [-0.1, -0.05) is 0 Å². The molecule has 0 spiro atoms. The van der Waals surface area contributed by atoms with Crippen LogP contribution in [0, 0.1) is 0 Å². The van der Waals surface area contributed by atoms with E-state index in [9.17, 15) is 18.3 Å². The highest BCUT2D eigenvalue weighted by Gasteiger charge is 2.30. The van der Waals surface area contributed by atoms with Gasteiger partial charge in [-0.2, -0.15) is 13.2 Å². The van der Waals surface area contributed by atoms with Crippen LogP contribution < -0.4 is 4.74 Å². The second kappa shape index (κ2) is 5.28. The van der Waals surface area contributed by atoms with Crippen molar-refractivity contribution in [1.29, 1.82) is 0 Å². The Balaban J connectivity index is 2.63. The number of aliphatic hydroxyl groups excluding tert-OH is 1. The van der Waals surface area contributed by atoms with Crippen LogP contribution in [0.3, 0.4) is 0 Å². The Morgan fingerprint density at radius 1 is 1.30 bits per heavy atom. The van der Waals surface area contributed by atoms with Crippen LogP contribution in [0.25, 0.3) is 10.9 Å². The third-order valence-corrected chi connectivity index (χ3v) is 2.74. The molecule has 0 radical (unpaired) electrons. The zero-order chi connectivity index (χ0) is 14.9. The molecule has 0 bridgehead atoms. The van der Waals surface area contributed by atoms with Crippen LogP contribution in [0.1, 0.15) is 25.0 Å². The third kappa shape index (κ3) is 2.85. The predicted octanol–water partition coefficient (Wildman–Crippen LogP) is 3.53. The summed E-state index contributed by atoms with van der Waals surface area (Å²) < 4.78 is 43.6. The second-order valence-corrected chi connectivity index (χ2v) is 4.67. The van der Waals surface area contributed by atoms with Gasteiger partial charge in [-0.15, -0.1) is 0 Å². The summed E-state index contributed by atoms with van der Waals surface area (Å²) in [6.07, 6.45) is -3.24. The fraction of sp³-hybridized carbons (Fsp3) is 0.357. The van der Waals surface area contributed by atoms with Crippen molar-refractivity contribution in [3.63, 3.8) is 0 Å². The first-order valence-electron chi connectivity index (χ1n) is 6.09. The molecule has 1 aromatic carbocycles. The second-order valence-electron chi connectivity index (χ2n) is 4.67. The summed E-state index contributed by atoms with van der Waals surface area (Å²) in [6.45, 7) is 3.32. The summed E-state index contributed by atoms with van der Waals surface area (Å²) in [7, 11) is 0. The molecule has 1 aromatic heterocycles. The molecule has 0 fully saturated rings. The first-order chi connectivity index (χ1) is 9.32. The van der Waals surface area contributed by atoms with Gasteiger partial charge in [0.25, 0.3) is 0 Å². The fourth-order valence-corrected chi connectivity index (χ4v) is 1.87. The van der Waals surface area contributed by atoms with Crippen LogP contribution in [0.4, 0.5) is 13.2 Å². The van der Waals surface area contributed by atoms with E-state index in [0.717, 1.165) is 12.1 Å². The van der Waals surface area contributed by atoms with Gasteiger partial charge in [-0.05, 0) is 32.0 Å². The molecule has 6 heteroatoms. The summed E-state index contributed by atoms with van der Waals surface area (Å²) in [5.41, 5.74) is -0.122. The van der Waals surface area contributed by atoms with E-state index in [4.69, 9.17) is 4.74 Å². The number of rotatable bonds is 3. The van der Waals surface area contributed by atoms with E-state index in [1.165, 1.54) is 12.3 Å². The Bertz CT molecular complexity index is 624. The highest BCUT2D eigenvalue weighted by molar-refractivity contribution is 5.86. The number of hydrogen-bond acceptors (Lipinski definition) is 3. The SMILES string of the molecule is CC(C)Oc1c(CO)cnc2cc(C(F)(F)F)ccc12. The lowest BCUT2D eigenvalue weighted by Crippen LogP contribution is -2.09. The molecule has 20 heavy (non-hydrogen) atoms. The Morgan fingerprint density at radius 3 is 2.55 bits per heavy atom. The summed E-state index contributed by atoms with van der Waals surface area (Å²) in [5.74, 6) is 0.376. The number of ether oxygens (including phenoxy) is 1. The van der Waals surface area contributed by atoms with Crippen molar-refractivity contribution in [3.05, 3.63) is 35.5 Å². The van der Waals surface area contributed by atoms with Gasteiger partial charge in [0.05, 0.1) is 23.8 Å². The van der Waals surface area contributed by atoms with Crippen LogP contribution in [0.5, 0.6) is 5.75 Å². The van der Waals surface area contributed by atoms with Gasteiger partial charge in [0.15, 0.2) is 0 Å². The number of aliphatic hydroxyl groups is 1. The van der Waals surface area contributed by atoms with Crippen molar-refractivity contribution >= 4 is 10.9 Å². The van der Waals surface area contributed by atoms with E-state index >= 15 is 0 Å².